The topological polar surface area (TPSA) is 57.6 Å². The van der Waals surface area contributed by atoms with Gasteiger partial charge in [-0.1, -0.05) is 11.6 Å². The van der Waals surface area contributed by atoms with Crippen LogP contribution in [0.1, 0.15) is 13.3 Å². The molecule has 0 aromatic heterocycles. The Labute approximate surface area is 107 Å². The number of carbonyl (C=O) groups excluding carboxylic acids is 1. The number of hydrogen-bond donors (Lipinski definition) is 1. The SMILES string of the molecule is CC1=C(C(=O)O)CC(=O)N1c1ccc(F)c(Cl)c1. The van der Waals surface area contributed by atoms with E-state index in [0.29, 0.717) is 11.4 Å². The summed E-state index contributed by atoms with van der Waals surface area (Å²) in [5, 5.41) is 8.83. The van der Waals surface area contributed by atoms with E-state index in [0.717, 1.165) is 6.07 Å². The van der Waals surface area contributed by atoms with E-state index in [1.165, 1.54) is 24.0 Å². The standard InChI is InChI=1S/C12H9ClFNO3/c1-6-8(12(17)18)5-11(16)15(6)7-2-3-10(14)9(13)4-7/h2-4H,5H2,1H3,(H,17,18). The van der Waals surface area contributed by atoms with Gasteiger partial charge >= 0.3 is 5.97 Å². The monoisotopic (exact) mass is 269 g/mol. The largest absolute Gasteiger partial charge is 0.478 e. The third-order valence-corrected chi connectivity index (χ3v) is 3.06. The molecule has 1 aliphatic heterocycles. The average Bonchev–Trinajstić information content (AvgIpc) is 2.59. The Morgan fingerprint density at radius 1 is 1.50 bits per heavy atom. The average molecular weight is 270 g/mol. The summed E-state index contributed by atoms with van der Waals surface area (Å²) < 4.78 is 13.0. The summed E-state index contributed by atoms with van der Waals surface area (Å²) in [5.41, 5.74) is 0.732. The highest BCUT2D eigenvalue weighted by Gasteiger charge is 2.32. The van der Waals surface area contributed by atoms with Gasteiger partial charge in [0.25, 0.3) is 0 Å². The van der Waals surface area contributed by atoms with Crippen LogP contribution in [0, 0.1) is 5.82 Å². The second-order valence-electron chi connectivity index (χ2n) is 3.87. The maximum Gasteiger partial charge on any atom is 0.333 e. The lowest BCUT2D eigenvalue weighted by atomic mass is 10.2. The molecule has 2 rings (SSSR count). The molecule has 0 saturated heterocycles. The molecule has 94 valence electrons. The van der Waals surface area contributed by atoms with Crippen LogP contribution in [0.3, 0.4) is 0 Å². The summed E-state index contributed by atoms with van der Waals surface area (Å²) in [4.78, 5) is 23.9. The zero-order valence-corrected chi connectivity index (χ0v) is 10.2. The highest BCUT2D eigenvalue weighted by atomic mass is 35.5. The number of allylic oxidation sites excluding steroid dienone is 1. The van der Waals surface area contributed by atoms with Crippen molar-refractivity contribution in [1.29, 1.82) is 0 Å². The Kier molecular flexibility index (Phi) is 3.09. The second-order valence-corrected chi connectivity index (χ2v) is 4.28. The van der Waals surface area contributed by atoms with Gasteiger partial charge in [-0.3, -0.25) is 9.69 Å². The van der Waals surface area contributed by atoms with Gasteiger partial charge in [0.15, 0.2) is 0 Å². The lowest BCUT2D eigenvalue weighted by Gasteiger charge is -2.18. The first-order valence-electron chi connectivity index (χ1n) is 5.13. The normalized spacial score (nSPS) is 15.5. The molecule has 1 heterocycles. The van der Waals surface area contributed by atoms with E-state index in [1.54, 1.807) is 0 Å². The number of carboxylic acid groups (broad SMARTS) is 1. The van der Waals surface area contributed by atoms with Crippen molar-refractivity contribution < 1.29 is 19.1 Å². The molecule has 0 atom stereocenters. The van der Waals surface area contributed by atoms with Crippen LogP contribution in [0.15, 0.2) is 29.5 Å². The van der Waals surface area contributed by atoms with Gasteiger partial charge in [0.1, 0.15) is 5.82 Å². The van der Waals surface area contributed by atoms with Gasteiger partial charge < -0.3 is 5.11 Å². The van der Waals surface area contributed by atoms with Crippen molar-refractivity contribution >= 4 is 29.2 Å². The number of anilines is 1. The minimum atomic E-state index is -1.13. The van der Waals surface area contributed by atoms with Crippen LogP contribution < -0.4 is 4.90 Å². The molecule has 0 aliphatic carbocycles. The summed E-state index contributed by atoms with van der Waals surface area (Å²) in [6, 6.07) is 3.81. The fourth-order valence-corrected chi connectivity index (χ4v) is 2.05. The Hall–Kier alpha value is -1.88. The minimum absolute atomic E-state index is 0.0421. The number of aliphatic carboxylic acids is 1. The van der Waals surface area contributed by atoms with E-state index < -0.39 is 11.8 Å². The first-order valence-corrected chi connectivity index (χ1v) is 5.50. The van der Waals surface area contributed by atoms with E-state index in [-0.39, 0.29) is 22.9 Å². The van der Waals surface area contributed by atoms with Gasteiger partial charge in [-0.15, -0.1) is 0 Å². The molecule has 0 spiro atoms. The molecule has 6 heteroatoms. The van der Waals surface area contributed by atoms with Crippen molar-refractivity contribution in [3.63, 3.8) is 0 Å². The predicted molar refractivity (Wildman–Crippen MR) is 63.8 cm³/mol. The molecule has 1 N–H and O–H groups in total. The van der Waals surface area contributed by atoms with Crippen molar-refractivity contribution in [2.45, 2.75) is 13.3 Å². The van der Waals surface area contributed by atoms with Crippen molar-refractivity contribution in [2.75, 3.05) is 4.90 Å². The van der Waals surface area contributed by atoms with Crippen LogP contribution in [-0.4, -0.2) is 17.0 Å². The van der Waals surface area contributed by atoms with Crippen LogP contribution in [-0.2, 0) is 9.59 Å². The van der Waals surface area contributed by atoms with E-state index in [9.17, 15) is 14.0 Å². The molecule has 4 nitrogen and oxygen atoms in total. The first kappa shape index (κ1) is 12.6. The van der Waals surface area contributed by atoms with Crippen molar-refractivity contribution in [2.24, 2.45) is 0 Å². The summed E-state index contributed by atoms with van der Waals surface area (Å²) in [7, 11) is 0. The molecule has 0 unspecified atom stereocenters. The fourth-order valence-electron chi connectivity index (χ4n) is 1.87. The quantitative estimate of drug-likeness (QED) is 0.898. The third-order valence-electron chi connectivity index (χ3n) is 2.77. The maximum absolute atomic E-state index is 13.0. The lowest BCUT2D eigenvalue weighted by Crippen LogP contribution is -2.23. The molecule has 1 aliphatic rings. The molecular weight excluding hydrogens is 261 g/mol. The molecule has 18 heavy (non-hydrogen) atoms. The summed E-state index contributed by atoms with van der Waals surface area (Å²) >= 11 is 5.64. The minimum Gasteiger partial charge on any atom is -0.478 e. The number of hydrogen-bond acceptors (Lipinski definition) is 2. The number of nitrogens with zero attached hydrogens (tertiary/aromatic N) is 1. The fraction of sp³-hybridized carbons (Fsp3) is 0.167. The Bertz CT molecular complexity index is 583. The van der Waals surface area contributed by atoms with Gasteiger partial charge in [-0.05, 0) is 25.1 Å². The third kappa shape index (κ3) is 1.97. The predicted octanol–water partition coefficient (Wildman–Crippen LogP) is 2.57. The Morgan fingerprint density at radius 3 is 2.67 bits per heavy atom. The van der Waals surface area contributed by atoms with Gasteiger partial charge in [0, 0.05) is 5.70 Å². The van der Waals surface area contributed by atoms with E-state index in [4.69, 9.17) is 16.7 Å². The van der Waals surface area contributed by atoms with E-state index in [2.05, 4.69) is 0 Å². The second kappa shape index (κ2) is 4.42. The van der Waals surface area contributed by atoms with Crippen LogP contribution in [0.2, 0.25) is 5.02 Å². The van der Waals surface area contributed by atoms with E-state index >= 15 is 0 Å². The number of rotatable bonds is 2. The molecule has 0 saturated carbocycles. The highest BCUT2D eigenvalue weighted by Crippen LogP contribution is 2.32. The van der Waals surface area contributed by atoms with Gasteiger partial charge in [0.2, 0.25) is 5.91 Å². The van der Waals surface area contributed by atoms with Crippen molar-refractivity contribution in [3.8, 4) is 0 Å². The summed E-state index contributed by atoms with van der Waals surface area (Å²) in [5.74, 6) is -2.09. The number of benzene rings is 1. The molecule has 0 fully saturated rings. The Balaban J connectivity index is 2.47. The van der Waals surface area contributed by atoms with Crippen LogP contribution in [0.5, 0.6) is 0 Å². The molecule has 1 aromatic rings. The number of carbonyl (C=O) groups is 2. The number of carboxylic acids is 1. The molecular formula is C12H9ClFNO3. The molecule has 0 radical (unpaired) electrons. The lowest BCUT2D eigenvalue weighted by molar-refractivity contribution is -0.133. The molecule has 1 aromatic carbocycles. The van der Waals surface area contributed by atoms with Gasteiger partial charge in [-0.2, -0.15) is 0 Å². The maximum atomic E-state index is 13.0. The van der Waals surface area contributed by atoms with E-state index in [1.807, 2.05) is 0 Å². The van der Waals surface area contributed by atoms with Crippen LogP contribution in [0.4, 0.5) is 10.1 Å². The highest BCUT2D eigenvalue weighted by molar-refractivity contribution is 6.31. The summed E-state index contributed by atoms with van der Waals surface area (Å²) in [6.45, 7) is 1.53. The molecule has 1 amide bonds. The van der Waals surface area contributed by atoms with Gasteiger partial charge in [-0.25, -0.2) is 9.18 Å². The van der Waals surface area contributed by atoms with Crippen LogP contribution >= 0.6 is 11.6 Å². The van der Waals surface area contributed by atoms with Crippen LogP contribution in [0.25, 0.3) is 0 Å². The number of amides is 1. The zero-order valence-electron chi connectivity index (χ0n) is 9.41. The van der Waals surface area contributed by atoms with Crippen molar-refractivity contribution in [1.82, 2.24) is 0 Å². The number of halogens is 2. The van der Waals surface area contributed by atoms with Crippen molar-refractivity contribution in [3.05, 3.63) is 40.3 Å². The smallest absolute Gasteiger partial charge is 0.333 e. The Morgan fingerprint density at radius 2 is 2.17 bits per heavy atom. The first-order chi connectivity index (χ1) is 8.41. The van der Waals surface area contributed by atoms with Gasteiger partial charge in [0.05, 0.1) is 22.7 Å². The zero-order chi connectivity index (χ0) is 13.4. The summed E-state index contributed by atoms with van der Waals surface area (Å²) in [6.07, 6.45) is -0.170. The molecule has 0 bridgehead atoms.